The molecular formula is C29H28N3O5P. The van der Waals surface area contributed by atoms with Crippen LogP contribution < -0.4 is 15.9 Å². The average Bonchev–Trinajstić information content (AvgIpc) is 3.29. The third-order valence-electron chi connectivity index (χ3n) is 6.29. The Morgan fingerprint density at radius 1 is 0.868 bits per heavy atom. The van der Waals surface area contributed by atoms with Crippen LogP contribution in [0, 0.1) is 17.0 Å². The molecule has 0 N–H and O–H groups in total. The van der Waals surface area contributed by atoms with Gasteiger partial charge in [0.25, 0.3) is 0 Å². The highest BCUT2D eigenvalue weighted by atomic mass is 31.2. The van der Waals surface area contributed by atoms with E-state index in [4.69, 9.17) is 4.74 Å². The maximum Gasteiger partial charge on any atom is 0.393 e. The second kappa shape index (κ2) is 11.4. The number of rotatable bonds is 9. The zero-order valence-corrected chi connectivity index (χ0v) is 22.3. The van der Waals surface area contributed by atoms with Gasteiger partial charge < -0.3 is 14.9 Å². The van der Waals surface area contributed by atoms with E-state index in [1.165, 1.54) is 4.57 Å². The first-order valence-electron chi connectivity index (χ1n) is 12.2. The van der Waals surface area contributed by atoms with Gasteiger partial charge >= 0.3 is 11.8 Å². The minimum Gasteiger partial charge on any atom is -0.462 e. The standard InChI is InChI=1S/C29H28N3O5P/c1-4-31-21(3)30-28(32(35)36)25(31)26(33)27(29(34)37-5-2)38(22-15-9-6-10-16-22,23-17-11-7-12-18-23)24-19-13-8-14-20-24/h6-20H,4-5H2,1-3H3. The Morgan fingerprint density at radius 3 is 1.68 bits per heavy atom. The molecule has 1 aromatic heterocycles. The van der Waals surface area contributed by atoms with Crippen LogP contribution in [0.3, 0.4) is 0 Å². The SMILES string of the molecule is CCOC(=O)C(C(=O)c1c([N+](=O)[O-])nc(C)n1CC)=P(c1ccccc1)(c1ccccc1)c1ccccc1. The van der Waals surface area contributed by atoms with Crippen molar-refractivity contribution in [1.29, 1.82) is 0 Å². The van der Waals surface area contributed by atoms with Crippen LogP contribution in [0.25, 0.3) is 0 Å². The van der Waals surface area contributed by atoms with Crippen molar-refractivity contribution >= 4 is 45.7 Å². The van der Waals surface area contributed by atoms with E-state index < -0.39 is 29.4 Å². The first-order chi connectivity index (χ1) is 18.4. The maximum atomic E-state index is 14.7. The summed E-state index contributed by atoms with van der Waals surface area (Å²) in [5, 5.41) is 14.1. The van der Waals surface area contributed by atoms with Gasteiger partial charge in [-0.1, -0.05) is 91.0 Å². The number of hydrogen-bond acceptors (Lipinski definition) is 6. The largest absolute Gasteiger partial charge is 0.462 e. The second-order valence-electron chi connectivity index (χ2n) is 8.41. The van der Waals surface area contributed by atoms with Gasteiger partial charge in [0.15, 0.2) is 5.69 Å². The van der Waals surface area contributed by atoms with Gasteiger partial charge in [0.2, 0.25) is 11.6 Å². The van der Waals surface area contributed by atoms with Crippen LogP contribution in [0.5, 0.6) is 0 Å². The van der Waals surface area contributed by atoms with E-state index in [0.717, 1.165) is 15.9 Å². The molecule has 0 fully saturated rings. The van der Waals surface area contributed by atoms with Crippen LogP contribution in [0.2, 0.25) is 0 Å². The molecule has 0 aliphatic rings. The van der Waals surface area contributed by atoms with Gasteiger partial charge in [-0.2, -0.15) is 0 Å². The normalized spacial score (nSPS) is 11.1. The molecule has 0 saturated carbocycles. The number of carbonyl (C=O) groups excluding carboxylic acids is 2. The molecule has 0 bridgehead atoms. The average molecular weight is 530 g/mol. The van der Waals surface area contributed by atoms with Crippen LogP contribution in [0.15, 0.2) is 91.0 Å². The monoisotopic (exact) mass is 529 g/mol. The smallest absolute Gasteiger partial charge is 0.393 e. The van der Waals surface area contributed by atoms with E-state index >= 15 is 0 Å². The van der Waals surface area contributed by atoms with Crippen molar-refractivity contribution in [3.63, 3.8) is 0 Å². The fourth-order valence-corrected chi connectivity index (χ4v) is 9.05. The number of nitro groups is 1. The summed E-state index contributed by atoms with van der Waals surface area (Å²) < 4.78 is 7.01. The number of imidazole rings is 1. The van der Waals surface area contributed by atoms with Crippen LogP contribution in [-0.2, 0) is 16.1 Å². The molecule has 3 aromatic carbocycles. The third kappa shape index (κ3) is 4.59. The van der Waals surface area contributed by atoms with Crippen molar-refractivity contribution in [3.8, 4) is 0 Å². The number of nitrogens with zero attached hydrogens (tertiary/aromatic N) is 3. The number of Topliss-reactive ketones (excluding diaryl/α,β-unsaturated/α-hetero) is 1. The number of esters is 1. The van der Waals surface area contributed by atoms with Gasteiger partial charge in [-0.15, -0.1) is 0 Å². The summed E-state index contributed by atoms with van der Waals surface area (Å²) in [4.78, 5) is 44.1. The van der Waals surface area contributed by atoms with Gasteiger partial charge in [0, 0.05) is 13.5 Å². The fourth-order valence-electron chi connectivity index (χ4n) is 4.77. The summed E-state index contributed by atoms with van der Waals surface area (Å²) in [5.41, 5.74) is -0.231. The zero-order chi connectivity index (χ0) is 27.3. The molecule has 0 amide bonds. The lowest BCUT2D eigenvalue weighted by atomic mass is 10.2. The number of aryl methyl sites for hydroxylation is 1. The quantitative estimate of drug-likeness (QED) is 0.0810. The van der Waals surface area contributed by atoms with Gasteiger partial charge in [0.1, 0.15) is 5.29 Å². The summed E-state index contributed by atoms with van der Waals surface area (Å²) >= 11 is 0. The van der Waals surface area contributed by atoms with E-state index in [1.807, 2.05) is 91.0 Å². The Labute approximate surface area is 221 Å². The highest BCUT2D eigenvalue weighted by molar-refractivity contribution is 7.97. The number of ether oxygens (including phenoxy) is 1. The zero-order valence-electron chi connectivity index (χ0n) is 21.4. The van der Waals surface area contributed by atoms with E-state index in [1.54, 1.807) is 20.8 Å². The molecule has 1 heterocycles. The summed E-state index contributed by atoms with van der Waals surface area (Å²) in [7, 11) is 0. The number of hydrogen-bond donors (Lipinski definition) is 0. The van der Waals surface area contributed by atoms with Crippen LogP contribution in [0.1, 0.15) is 30.2 Å². The molecule has 4 rings (SSSR count). The molecule has 0 radical (unpaired) electrons. The second-order valence-corrected chi connectivity index (χ2v) is 11.7. The van der Waals surface area contributed by atoms with Crippen LogP contribution >= 0.6 is 6.89 Å². The maximum absolute atomic E-state index is 14.7. The molecule has 38 heavy (non-hydrogen) atoms. The van der Waals surface area contributed by atoms with E-state index in [2.05, 4.69) is 4.98 Å². The Morgan fingerprint density at radius 2 is 1.32 bits per heavy atom. The summed E-state index contributed by atoms with van der Waals surface area (Å²) in [5.74, 6) is -1.84. The summed E-state index contributed by atoms with van der Waals surface area (Å²) in [6, 6.07) is 28.0. The predicted molar refractivity (Wildman–Crippen MR) is 150 cm³/mol. The number of aromatic nitrogens is 2. The predicted octanol–water partition coefficient (Wildman–Crippen LogP) is 4.03. The minimum atomic E-state index is -3.21. The Kier molecular flexibility index (Phi) is 8.03. The summed E-state index contributed by atoms with van der Waals surface area (Å²) in [6.45, 7) is 2.11. The molecule has 0 atom stereocenters. The van der Waals surface area contributed by atoms with Crippen molar-refractivity contribution in [3.05, 3.63) is 113 Å². The lowest BCUT2D eigenvalue weighted by molar-refractivity contribution is -0.389. The number of carbonyl (C=O) groups is 2. The van der Waals surface area contributed by atoms with Crippen molar-refractivity contribution in [2.45, 2.75) is 27.3 Å². The lowest BCUT2D eigenvalue weighted by Gasteiger charge is -2.31. The summed E-state index contributed by atoms with van der Waals surface area (Å²) in [6.07, 6.45) is 0. The van der Waals surface area contributed by atoms with Gasteiger partial charge in [-0.25, -0.2) is 4.79 Å². The molecule has 0 aliphatic carbocycles. The highest BCUT2D eigenvalue weighted by Crippen LogP contribution is 2.47. The highest BCUT2D eigenvalue weighted by Gasteiger charge is 2.42. The Balaban J connectivity index is 2.31. The van der Waals surface area contributed by atoms with Gasteiger partial charge in [-0.3, -0.25) is 9.36 Å². The topological polar surface area (TPSA) is 104 Å². The Bertz CT molecular complexity index is 1430. The van der Waals surface area contributed by atoms with Gasteiger partial charge in [0.05, 0.1) is 6.61 Å². The Hall–Kier alpha value is -4.29. The molecule has 0 spiro atoms. The first-order valence-corrected chi connectivity index (χ1v) is 14.0. The van der Waals surface area contributed by atoms with Crippen LogP contribution in [-0.4, -0.2) is 38.1 Å². The van der Waals surface area contributed by atoms with Crippen LogP contribution in [0.4, 0.5) is 5.82 Å². The number of ketones is 1. The minimum absolute atomic E-state index is 0.0299. The molecular weight excluding hydrogens is 501 g/mol. The van der Waals surface area contributed by atoms with E-state index in [0.29, 0.717) is 5.82 Å². The van der Waals surface area contributed by atoms with Crippen molar-refractivity contribution < 1.29 is 19.2 Å². The van der Waals surface area contributed by atoms with E-state index in [-0.39, 0.29) is 24.1 Å². The molecule has 4 aromatic rings. The van der Waals surface area contributed by atoms with E-state index in [9.17, 15) is 19.7 Å². The van der Waals surface area contributed by atoms with Crippen molar-refractivity contribution in [2.24, 2.45) is 0 Å². The molecule has 194 valence electrons. The molecule has 0 saturated heterocycles. The molecule has 0 aliphatic heterocycles. The van der Waals surface area contributed by atoms with Gasteiger partial charge in [-0.05, 0) is 46.6 Å². The first kappa shape index (κ1) is 26.8. The molecule has 0 unspecified atom stereocenters. The molecule has 8 nitrogen and oxygen atoms in total. The fraction of sp³-hybridized carbons (Fsp3) is 0.172. The third-order valence-corrected chi connectivity index (χ3v) is 10.6. The number of benzene rings is 3. The van der Waals surface area contributed by atoms with Crippen molar-refractivity contribution in [1.82, 2.24) is 9.55 Å². The molecule has 9 heteroatoms. The van der Waals surface area contributed by atoms with Crippen molar-refractivity contribution in [2.75, 3.05) is 6.61 Å². The lowest BCUT2D eigenvalue weighted by Crippen LogP contribution is -2.39.